The van der Waals surface area contributed by atoms with E-state index >= 15 is 0 Å². The second kappa shape index (κ2) is 6.07. The van der Waals surface area contributed by atoms with Crippen molar-refractivity contribution < 1.29 is 23.1 Å². The van der Waals surface area contributed by atoms with Crippen LogP contribution < -0.4 is 10.2 Å². The fourth-order valence-corrected chi connectivity index (χ4v) is 2.72. The Morgan fingerprint density at radius 1 is 1.12 bits per heavy atom. The Kier molecular flexibility index (Phi) is 4.09. The summed E-state index contributed by atoms with van der Waals surface area (Å²) in [5.74, 6) is -0.190. The number of nitrogens with one attached hydrogen (secondary N) is 1. The summed E-state index contributed by atoms with van der Waals surface area (Å²) >= 11 is 0. The van der Waals surface area contributed by atoms with Crippen LogP contribution in [-0.4, -0.2) is 24.2 Å². The van der Waals surface area contributed by atoms with Crippen LogP contribution in [0.25, 0.3) is 0 Å². The SMILES string of the molecule is O=C1NCC(c2cccc(C(F)(F)F)c2)CN1c1ccc(O)cc1. The minimum absolute atomic E-state index is 0.0746. The number of carbonyl (C=O) groups excluding carboxylic acids is 1. The summed E-state index contributed by atoms with van der Waals surface area (Å²) < 4.78 is 38.6. The van der Waals surface area contributed by atoms with Crippen LogP contribution in [0.5, 0.6) is 5.75 Å². The van der Waals surface area contributed by atoms with Crippen molar-refractivity contribution in [2.75, 3.05) is 18.0 Å². The smallest absolute Gasteiger partial charge is 0.416 e. The van der Waals surface area contributed by atoms with E-state index in [-0.39, 0.29) is 30.8 Å². The number of halogens is 3. The molecule has 1 aliphatic heterocycles. The molecule has 7 heteroatoms. The number of phenolic OH excluding ortho intramolecular Hbond substituents is 1. The molecule has 0 aromatic heterocycles. The van der Waals surface area contributed by atoms with Gasteiger partial charge in [0.15, 0.2) is 0 Å². The molecule has 1 atom stereocenters. The van der Waals surface area contributed by atoms with E-state index < -0.39 is 11.7 Å². The molecule has 2 amide bonds. The van der Waals surface area contributed by atoms with Crippen LogP contribution in [0.2, 0.25) is 0 Å². The van der Waals surface area contributed by atoms with Gasteiger partial charge in [-0.05, 0) is 35.9 Å². The minimum Gasteiger partial charge on any atom is -0.508 e. The van der Waals surface area contributed by atoms with Gasteiger partial charge in [-0.3, -0.25) is 4.90 Å². The lowest BCUT2D eigenvalue weighted by Gasteiger charge is -2.33. The van der Waals surface area contributed by atoms with Crippen LogP contribution in [0.4, 0.5) is 23.7 Å². The molecule has 24 heavy (non-hydrogen) atoms. The number of nitrogens with zero attached hydrogens (tertiary/aromatic N) is 1. The molecular formula is C17H15F3N2O2. The monoisotopic (exact) mass is 336 g/mol. The number of amides is 2. The third-order valence-corrected chi connectivity index (χ3v) is 3.99. The largest absolute Gasteiger partial charge is 0.508 e. The lowest BCUT2D eigenvalue weighted by molar-refractivity contribution is -0.137. The van der Waals surface area contributed by atoms with Crippen molar-refractivity contribution in [1.29, 1.82) is 0 Å². The van der Waals surface area contributed by atoms with Crippen LogP contribution >= 0.6 is 0 Å². The summed E-state index contributed by atoms with van der Waals surface area (Å²) in [6.45, 7) is 0.534. The molecule has 4 nitrogen and oxygen atoms in total. The van der Waals surface area contributed by atoms with Gasteiger partial charge in [-0.25, -0.2) is 4.79 Å². The molecule has 1 unspecified atom stereocenters. The summed E-state index contributed by atoms with van der Waals surface area (Å²) in [5.41, 5.74) is 0.392. The van der Waals surface area contributed by atoms with Crippen molar-refractivity contribution in [2.45, 2.75) is 12.1 Å². The number of hydrogen-bond acceptors (Lipinski definition) is 2. The quantitative estimate of drug-likeness (QED) is 0.878. The Morgan fingerprint density at radius 2 is 1.83 bits per heavy atom. The van der Waals surface area contributed by atoms with E-state index in [9.17, 15) is 23.1 Å². The minimum atomic E-state index is -4.40. The molecule has 1 aliphatic rings. The summed E-state index contributed by atoms with van der Waals surface area (Å²) in [6.07, 6.45) is -4.40. The number of alkyl halides is 3. The maximum absolute atomic E-state index is 12.9. The van der Waals surface area contributed by atoms with E-state index in [0.29, 0.717) is 11.3 Å². The molecule has 2 aromatic rings. The predicted molar refractivity (Wildman–Crippen MR) is 83.0 cm³/mol. The average molecular weight is 336 g/mol. The number of hydrogen-bond donors (Lipinski definition) is 2. The van der Waals surface area contributed by atoms with Crippen LogP contribution in [0.3, 0.4) is 0 Å². The molecule has 1 heterocycles. The highest BCUT2D eigenvalue weighted by atomic mass is 19.4. The summed E-state index contributed by atoms with van der Waals surface area (Å²) in [4.78, 5) is 13.5. The zero-order chi connectivity index (χ0) is 17.3. The molecule has 0 radical (unpaired) electrons. The van der Waals surface area contributed by atoms with Crippen molar-refractivity contribution >= 4 is 11.7 Å². The topological polar surface area (TPSA) is 52.6 Å². The second-order valence-corrected chi connectivity index (χ2v) is 5.63. The first-order valence-electron chi connectivity index (χ1n) is 7.36. The molecule has 0 aliphatic carbocycles. The first-order valence-corrected chi connectivity index (χ1v) is 7.36. The van der Waals surface area contributed by atoms with Crippen molar-refractivity contribution in [1.82, 2.24) is 5.32 Å². The Morgan fingerprint density at radius 3 is 2.50 bits per heavy atom. The van der Waals surface area contributed by atoms with Crippen molar-refractivity contribution in [3.05, 3.63) is 59.7 Å². The van der Waals surface area contributed by atoms with Crippen LogP contribution in [0, 0.1) is 0 Å². The van der Waals surface area contributed by atoms with Crippen LogP contribution in [0.15, 0.2) is 48.5 Å². The average Bonchev–Trinajstić information content (AvgIpc) is 2.56. The molecule has 1 saturated heterocycles. The molecule has 1 fully saturated rings. The summed E-state index contributed by atoms with van der Waals surface area (Å²) in [7, 11) is 0. The van der Waals surface area contributed by atoms with Gasteiger partial charge < -0.3 is 10.4 Å². The maximum Gasteiger partial charge on any atom is 0.416 e. The fraction of sp³-hybridized carbons (Fsp3) is 0.235. The van der Waals surface area contributed by atoms with Gasteiger partial charge in [0.25, 0.3) is 0 Å². The maximum atomic E-state index is 12.9. The van der Waals surface area contributed by atoms with Crippen LogP contribution in [-0.2, 0) is 6.18 Å². The van der Waals surface area contributed by atoms with E-state index in [1.165, 1.54) is 23.1 Å². The Labute approximate surface area is 136 Å². The van der Waals surface area contributed by atoms with Gasteiger partial charge in [0.2, 0.25) is 0 Å². The third-order valence-electron chi connectivity index (χ3n) is 3.99. The van der Waals surface area contributed by atoms with E-state index in [4.69, 9.17) is 0 Å². The Hall–Kier alpha value is -2.70. The van der Waals surface area contributed by atoms with Gasteiger partial charge in [-0.15, -0.1) is 0 Å². The first kappa shape index (κ1) is 16.2. The lowest BCUT2D eigenvalue weighted by atomic mass is 9.95. The standard InChI is InChI=1S/C17H15F3N2O2/c18-17(19,20)13-3-1-2-11(8-13)12-9-21-16(24)22(10-12)14-4-6-15(23)7-5-14/h1-8,12,23H,9-10H2,(H,21,24). The third kappa shape index (κ3) is 3.29. The highest BCUT2D eigenvalue weighted by molar-refractivity contribution is 5.93. The number of aromatic hydroxyl groups is 1. The van der Waals surface area contributed by atoms with Gasteiger partial charge in [0, 0.05) is 24.7 Å². The molecule has 3 rings (SSSR count). The zero-order valence-electron chi connectivity index (χ0n) is 12.5. The van der Waals surface area contributed by atoms with Crippen molar-refractivity contribution in [3.8, 4) is 5.75 Å². The van der Waals surface area contributed by atoms with Crippen LogP contribution in [0.1, 0.15) is 17.0 Å². The number of carbonyl (C=O) groups is 1. The first-order chi connectivity index (χ1) is 11.3. The molecule has 0 bridgehead atoms. The molecule has 2 aromatic carbocycles. The van der Waals surface area contributed by atoms with Gasteiger partial charge in [-0.2, -0.15) is 13.2 Å². The highest BCUT2D eigenvalue weighted by Crippen LogP contribution is 2.32. The molecule has 2 N–H and O–H groups in total. The molecule has 126 valence electrons. The second-order valence-electron chi connectivity index (χ2n) is 5.63. The fourth-order valence-electron chi connectivity index (χ4n) is 2.72. The van der Waals surface area contributed by atoms with Gasteiger partial charge in [0.1, 0.15) is 5.75 Å². The number of anilines is 1. The highest BCUT2D eigenvalue weighted by Gasteiger charge is 2.32. The number of urea groups is 1. The molecular weight excluding hydrogens is 321 g/mol. The Bertz CT molecular complexity index is 744. The van der Waals surface area contributed by atoms with Gasteiger partial charge >= 0.3 is 12.2 Å². The van der Waals surface area contributed by atoms with Gasteiger partial charge in [0.05, 0.1) is 5.56 Å². The summed E-state index contributed by atoms with van der Waals surface area (Å²) in [5, 5.41) is 12.0. The summed E-state index contributed by atoms with van der Waals surface area (Å²) in [6, 6.07) is 10.9. The van der Waals surface area contributed by atoms with E-state index in [2.05, 4.69) is 5.32 Å². The van der Waals surface area contributed by atoms with Crippen molar-refractivity contribution in [2.24, 2.45) is 0 Å². The number of benzene rings is 2. The number of rotatable bonds is 2. The predicted octanol–water partition coefficient (Wildman–Crippen LogP) is 3.72. The molecule has 0 saturated carbocycles. The zero-order valence-corrected chi connectivity index (χ0v) is 12.5. The van der Waals surface area contributed by atoms with E-state index in [1.807, 2.05) is 0 Å². The normalized spacial score (nSPS) is 18.4. The van der Waals surface area contributed by atoms with Gasteiger partial charge in [-0.1, -0.05) is 18.2 Å². The lowest BCUT2D eigenvalue weighted by Crippen LogP contribution is -2.50. The van der Waals surface area contributed by atoms with E-state index in [0.717, 1.165) is 12.1 Å². The van der Waals surface area contributed by atoms with Crippen molar-refractivity contribution in [3.63, 3.8) is 0 Å². The Balaban J connectivity index is 1.85. The molecule has 0 spiro atoms. The van der Waals surface area contributed by atoms with E-state index in [1.54, 1.807) is 18.2 Å². The number of phenols is 1.